The Balaban J connectivity index is 2.19. The first-order valence-corrected chi connectivity index (χ1v) is 5.86. The summed E-state index contributed by atoms with van der Waals surface area (Å²) in [5.74, 6) is -4.13. The second kappa shape index (κ2) is 4.90. The summed E-state index contributed by atoms with van der Waals surface area (Å²) in [5.41, 5.74) is -0.686. The van der Waals surface area contributed by atoms with Crippen LogP contribution in [0.1, 0.15) is 37.4 Å². The van der Waals surface area contributed by atoms with Crippen LogP contribution in [0.15, 0.2) is 12.1 Å². The van der Waals surface area contributed by atoms with Gasteiger partial charge in [0.15, 0.2) is 17.5 Å². The average Bonchev–Trinajstić information content (AvgIpc) is 2.31. The third-order valence-electron chi connectivity index (χ3n) is 3.69. The lowest BCUT2D eigenvalue weighted by molar-refractivity contribution is -0.100. The summed E-state index contributed by atoms with van der Waals surface area (Å²) in [6, 6.07) is 1.89. The summed E-state index contributed by atoms with van der Waals surface area (Å²) in [7, 11) is 1.54. The molecule has 0 radical (unpaired) electrons. The highest BCUT2D eigenvalue weighted by molar-refractivity contribution is 5.23. The SMILES string of the molecule is COC1(CC(O)c2ccc(F)c(F)c2F)CCC1. The van der Waals surface area contributed by atoms with Crippen molar-refractivity contribution in [3.05, 3.63) is 35.1 Å². The number of benzene rings is 1. The van der Waals surface area contributed by atoms with Gasteiger partial charge in [-0.15, -0.1) is 0 Å². The van der Waals surface area contributed by atoms with E-state index in [4.69, 9.17) is 4.74 Å². The maximum atomic E-state index is 13.5. The van der Waals surface area contributed by atoms with E-state index >= 15 is 0 Å². The predicted octanol–water partition coefficient (Wildman–Crippen LogP) is 3.10. The van der Waals surface area contributed by atoms with Gasteiger partial charge in [-0.05, 0) is 25.3 Å². The fraction of sp³-hybridized carbons (Fsp3) is 0.538. The van der Waals surface area contributed by atoms with Gasteiger partial charge in [0.2, 0.25) is 0 Å². The Labute approximate surface area is 103 Å². The zero-order valence-electron chi connectivity index (χ0n) is 10.0. The Morgan fingerprint density at radius 2 is 1.94 bits per heavy atom. The molecule has 1 fully saturated rings. The molecular formula is C13H15F3O2. The van der Waals surface area contributed by atoms with Crippen LogP contribution in [0, 0.1) is 17.5 Å². The van der Waals surface area contributed by atoms with Gasteiger partial charge >= 0.3 is 0 Å². The first kappa shape index (κ1) is 13.4. The number of rotatable bonds is 4. The fourth-order valence-electron chi connectivity index (χ4n) is 2.32. The van der Waals surface area contributed by atoms with E-state index in [9.17, 15) is 18.3 Å². The summed E-state index contributed by atoms with van der Waals surface area (Å²) in [6.07, 6.45) is 1.55. The molecule has 1 aromatic rings. The fourth-order valence-corrected chi connectivity index (χ4v) is 2.32. The smallest absolute Gasteiger partial charge is 0.194 e. The summed E-state index contributed by atoms with van der Waals surface area (Å²) in [6.45, 7) is 0. The van der Waals surface area contributed by atoms with Gasteiger partial charge < -0.3 is 9.84 Å². The van der Waals surface area contributed by atoms with E-state index < -0.39 is 29.2 Å². The first-order chi connectivity index (χ1) is 8.49. The Kier molecular flexibility index (Phi) is 3.64. The third kappa shape index (κ3) is 2.24. The second-order valence-corrected chi connectivity index (χ2v) is 4.73. The van der Waals surface area contributed by atoms with Gasteiger partial charge in [0.25, 0.3) is 0 Å². The molecule has 1 atom stereocenters. The Hall–Kier alpha value is -1.07. The zero-order valence-corrected chi connectivity index (χ0v) is 10.0. The minimum Gasteiger partial charge on any atom is -0.388 e. The van der Waals surface area contributed by atoms with E-state index in [1.54, 1.807) is 0 Å². The minimum atomic E-state index is -1.55. The van der Waals surface area contributed by atoms with E-state index in [2.05, 4.69) is 0 Å². The van der Waals surface area contributed by atoms with Crippen molar-refractivity contribution in [2.24, 2.45) is 0 Å². The molecule has 1 N–H and O–H groups in total. The number of ether oxygens (including phenoxy) is 1. The van der Waals surface area contributed by atoms with Crippen molar-refractivity contribution in [1.82, 2.24) is 0 Å². The molecule has 5 heteroatoms. The summed E-state index contributed by atoms with van der Waals surface area (Å²) < 4.78 is 44.7. The highest BCUT2D eigenvalue weighted by Gasteiger charge is 2.39. The van der Waals surface area contributed by atoms with Crippen LogP contribution >= 0.6 is 0 Å². The molecule has 0 bridgehead atoms. The van der Waals surface area contributed by atoms with Crippen LogP contribution in [0.25, 0.3) is 0 Å². The molecule has 0 amide bonds. The van der Waals surface area contributed by atoms with Crippen LogP contribution in [0.5, 0.6) is 0 Å². The largest absolute Gasteiger partial charge is 0.388 e. The van der Waals surface area contributed by atoms with E-state index in [1.807, 2.05) is 0 Å². The summed E-state index contributed by atoms with van der Waals surface area (Å²) in [5, 5.41) is 9.94. The number of hydrogen-bond donors (Lipinski definition) is 1. The molecule has 18 heavy (non-hydrogen) atoms. The lowest BCUT2D eigenvalue weighted by Crippen LogP contribution is -2.40. The molecule has 100 valence electrons. The van der Waals surface area contributed by atoms with Gasteiger partial charge in [0, 0.05) is 19.1 Å². The Morgan fingerprint density at radius 1 is 1.28 bits per heavy atom. The summed E-state index contributed by atoms with van der Waals surface area (Å²) in [4.78, 5) is 0. The normalized spacial score (nSPS) is 19.4. The molecule has 0 aromatic heterocycles. The van der Waals surface area contributed by atoms with Crippen LogP contribution in [-0.2, 0) is 4.74 Å². The first-order valence-electron chi connectivity index (χ1n) is 5.86. The molecule has 1 unspecified atom stereocenters. The quantitative estimate of drug-likeness (QED) is 0.843. The van der Waals surface area contributed by atoms with Crippen LogP contribution < -0.4 is 0 Å². The lowest BCUT2D eigenvalue weighted by Gasteiger charge is -2.41. The molecule has 1 aromatic carbocycles. The zero-order chi connectivity index (χ0) is 13.3. The molecule has 0 saturated heterocycles. The van der Waals surface area contributed by atoms with Gasteiger partial charge in [0.05, 0.1) is 11.7 Å². The van der Waals surface area contributed by atoms with Gasteiger partial charge in [-0.25, -0.2) is 13.2 Å². The second-order valence-electron chi connectivity index (χ2n) is 4.73. The van der Waals surface area contributed by atoms with Crippen molar-refractivity contribution >= 4 is 0 Å². The van der Waals surface area contributed by atoms with Crippen molar-refractivity contribution in [2.75, 3.05) is 7.11 Å². The maximum Gasteiger partial charge on any atom is 0.194 e. The van der Waals surface area contributed by atoms with Crippen LogP contribution in [-0.4, -0.2) is 17.8 Å². The van der Waals surface area contributed by atoms with Crippen LogP contribution in [0.3, 0.4) is 0 Å². The van der Waals surface area contributed by atoms with Gasteiger partial charge in [-0.1, -0.05) is 6.07 Å². The van der Waals surface area contributed by atoms with E-state index in [0.29, 0.717) is 0 Å². The van der Waals surface area contributed by atoms with Crippen molar-refractivity contribution in [3.63, 3.8) is 0 Å². The van der Waals surface area contributed by atoms with Crippen LogP contribution in [0.2, 0.25) is 0 Å². The van der Waals surface area contributed by atoms with Crippen LogP contribution in [0.4, 0.5) is 13.2 Å². The van der Waals surface area contributed by atoms with Crippen molar-refractivity contribution in [2.45, 2.75) is 37.4 Å². The topological polar surface area (TPSA) is 29.5 Å². The molecule has 0 aliphatic heterocycles. The molecule has 2 nitrogen and oxygen atoms in total. The van der Waals surface area contributed by atoms with Crippen molar-refractivity contribution < 1.29 is 23.0 Å². The van der Waals surface area contributed by atoms with Gasteiger partial charge in [-0.3, -0.25) is 0 Å². The number of hydrogen-bond acceptors (Lipinski definition) is 2. The van der Waals surface area contributed by atoms with Crippen molar-refractivity contribution in [1.29, 1.82) is 0 Å². The molecule has 1 aliphatic carbocycles. The maximum absolute atomic E-state index is 13.5. The molecule has 0 spiro atoms. The third-order valence-corrected chi connectivity index (χ3v) is 3.69. The minimum absolute atomic E-state index is 0.186. The number of aliphatic hydroxyl groups excluding tert-OH is 1. The highest BCUT2D eigenvalue weighted by atomic mass is 19.2. The Bertz CT molecular complexity index is 439. The lowest BCUT2D eigenvalue weighted by atomic mass is 9.75. The molecule has 0 heterocycles. The number of halogens is 3. The van der Waals surface area contributed by atoms with E-state index in [0.717, 1.165) is 31.4 Å². The molecular weight excluding hydrogens is 245 g/mol. The van der Waals surface area contributed by atoms with E-state index in [-0.39, 0.29) is 12.0 Å². The van der Waals surface area contributed by atoms with Crippen molar-refractivity contribution in [3.8, 4) is 0 Å². The highest BCUT2D eigenvalue weighted by Crippen LogP contribution is 2.42. The molecule has 1 saturated carbocycles. The predicted molar refractivity (Wildman–Crippen MR) is 59.5 cm³/mol. The molecule has 2 rings (SSSR count). The average molecular weight is 260 g/mol. The molecule has 1 aliphatic rings. The number of methoxy groups -OCH3 is 1. The van der Waals surface area contributed by atoms with Gasteiger partial charge in [0.1, 0.15) is 0 Å². The monoisotopic (exact) mass is 260 g/mol. The number of aliphatic hydroxyl groups is 1. The van der Waals surface area contributed by atoms with Gasteiger partial charge in [-0.2, -0.15) is 0 Å². The Morgan fingerprint density at radius 3 is 2.44 bits per heavy atom. The van der Waals surface area contributed by atoms with E-state index in [1.165, 1.54) is 7.11 Å². The standard InChI is InChI=1S/C13H15F3O2/c1-18-13(5-2-6-13)7-10(17)8-3-4-9(14)12(16)11(8)15/h3-4,10,17H,2,5-7H2,1H3. The summed E-state index contributed by atoms with van der Waals surface area (Å²) >= 11 is 0.